The van der Waals surface area contributed by atoms with Crippen molar-refractivity contribution in [1.29, 1.82) is 0 Å². The summed E-state index contributed by atoms with van der Waals surface area (Å²) in [6, 6.07) is 13.0. The second kappa shape index (κ2) is 15.4. The fourth-order valence-electron chi connectivity index (χ4n) is 3.34. The Labute approximate surface area is 223 Å². The van der Waals surface area contributed by atoms with Crippen LogP contribution >= 0.6 is 0 Å². The lowest BCUT2D eigenvalue weighted by molar-refractivity contribution is 0.488. The highest BCUT2D eigenvalue weighted by Crippen LogP contribution is 2.31. The fourth-order valence-corrected chi connectivity index (χ4v) is 3.34. The highest BCUT2D eigenvalue weighted by molar-refractivity contribution is 7.85. The molecule has 2 aromatic carbocycles. The standard InChI is InChI=1S/2C12H13N.2CH4O3S/c2*1-2-9-13-12-8-7-10-5-3-4-6-11(10)12;2*1-5(2,3)4/h2*1,3-6,12-13H,7-9H2;2*1H3,(H,2,3,4)/t2*12-;;/m11../s1/i2*9D2,12D;;. The summed E-state index contributed by atoms with van der Waals surface area (Å²) in [4.78, 5) is 0. The SMILES string of the molecule is CS(=O)(=O)O.CS(=O)(=O)O.[2H]C([2H])(C#C)N[C@]1([2H])CCc2ccccc21.[2H]C([2H])(C#C)N[C@]1([2H])CCc2ccccc21. The zero-order valence-electron chi connectivity index (χ0n) is 25.9. The minimum atomic E-state index is -3.67. The first kappa shape index (κ1) is 22.5. The predicted octanol–water partition coefficient (Wildman–Crippen LogP) is 2.80. The van der Waals surface area contributed by atoms with E-state index >= 15 is 0 Å². The van der Waals surface area contributed by atoms with Gasteiger partial charge >= 0.3 is 0 Å². The zero-order chi connectivity index (χ0) is 32.6. The number of aryl methyl sites for hydroxylation is 2. The van der Waals surface area contributed by atoms with Crippen molar-refractivity contribution in [3.63, 3.8) is 0 Å². The molecule has 0 unspecified atom stereocenters. The van der Waals surface area contributed by atoms with Gasteiger partial charge in [-0.3, -0.25) is 19.7 Å². The summed E-state index contributed by atoms with van der Waals surface area (Å²) in [5.41, 5.74) is 3.85. The van der Waals surface area contributed by atoms with Crippen LogP contribution in [-0.4, -0.2) is 51.4 Å². The Morgan fingerprint density at radius 2 is 1.14 bits per heavy atom. The number of fused-ring (bicyclic) bond motifs is 2. The molecule has 0 bridgehead atoms. The summed E-state index contributed by atoms with van der Waals surface area (Å²) in [5.74, 6) is 4.05. The van der Waals surface area contributed by atoms with Crippen LogP contribution in [0.25, 0.3) is 0 Å². The van der Waals surface area contributed by atoms with Crippen molar-refractivity contribution >= 4 is 20.2 Å². The first-order valence-electron chi connectivity index (χ1n) is 13.5. The van der Waals surface area contributed by atoms with Gasteiger partial charge in [0.05, 0.1) is 33.7 Å². The van der Waals surface area contributed by atoms with E-state index in [9.17, 15) is 16.8 Å². The summed E-state index contributed by atoms with van der Waals surface area (Å²) in [6.07, 6.45) is 14.3. The van der Waals surface area contributed by atoms with Crippen molar-refractivity contribution in [3.8, 4) is 24.7 Å². The number of hydrogen-bond acceptors (Lipinski definition) is 6. The molecule has 0 aliphatic heterocycles. The van der Waals surface area contributed by atoms with Gasteiger partial charge in [-0.15, -0.1) is 12.8 Å². The molecule has 0 heterocycles. The van der Waals surface area contributed by atoms with Crippen molar-refractivity contribution in [2.45, 2.75) is 37.7 Å². The number of hydrogen-bond donors (Lipinski definition) is 4. The summed E-state index contributed by atoms with van der Waals surface area (Å²) >= 11 is 0. The van der Waals surface area contributed by atoms with Crippen molar-refractivity contribution in [2.24, 2.45) is 0 Å². The summed E-state index contributed by atoms with van der Waals surface area (Å²) in [6.45, 7) is -3.89. The van der Waals surface area contributed by atoms with E-state index in [0.717, 1.165) is 35.1 Å². The van der Waals surface area contributed by atoms with Crippen LogP contribution in [0.2, 0.25) is 0 Å². The van der Waals surface area contributed by atoms with Crippen LogP contribution < -0.4 is 10.6 Å². The Morgan fingerprint density at radius 3 is 1.44 bits per heavy atom. The molecule has 0 aromatic heterocycles. The van der Waals surface area contributed by atoms with Crippen LogP contribution in [0.3, 0.4) is 0 Å². The van der Waals surface area contributed by atoms with Gasteiger partial charge in [-0.1, -0.05) is 60.4 Å². The maximum Gasteiger partial charge on any atom is 0.261 e. The van der Waals surface area contributed by atoms with Crippen molar-refractivity contribution in [1.82, 2.24) is 10.6 Å². The Morgan fingerprint density at radius 1 is 0.833 bits per heavy atom. The second-order valence-electron chi connectivity index (χ2n) is 7.53. The molecule has 0 radical (unpaired) electrons. The smallest absolute Gasteiger partial charge is 0.261 e. The van der Waals surface area contributed by atoms with Crippen LogP contribution in [0.5, 0.6) is 0 Å². The molecular formula is C26H34N2O6S2. The highest BCUT2D eigenvalue weighted by Gasteiger charge is 2.21. The molecule has 0 saturated heterocycles. The minimum absolute atomic E-state index is 0.549. The maximum atomic E-state index is 9.19. The summed E-state index contributed by atoms with van der Waals surface area (Å²) < 4.78 is 98.3. The van der Waals surface area contributed by atoms with E-state index in [-0.39, 0.29) is 0 Å². The molecule has 2 aliphatic carbocycles. The molecular weight excluding hydrogens is 500 g/mol. The van der Waals surface area contributed by atoms with Gasteiger partial charge in [-0.2, -0.15) is 16.8 Å². The third-order valence-electron chi connectivity index (χ3n) is 4.54. The number of nitrogens with one attached hydrogen (secondary N) is 2. The second-order valence-corrected chi connectivity index (χ2v) is 10.5. The average molecular weight is 541 g/mol. The molecule has 36 heavy (non-hydrogen) atoms. The van der Waals surface area contributed by atoms with E-state index in [4.69, 9.17) is 30.2 Å². The van der Waals surface area contributed by atoms with Gasteiger partial charge in [-0.25, -0.2) is 0 Å². The van der Waals surface area contributed by atoms with Crippen molar-refractivity contribution in [2.75, 3.05) is 25.5 Å². The van der Waals surface area contributed by atoms with Gasteiger partial charge in [0.15, 0.2) is 0 Å². The fraction of sp³-hybridized carbons (Fsp3) is 0.385. The van der Waals surface area contributed by atoms with Gasteiger partial charge in [0.25, 0.3) is 20.2 Å². The maximum absolute atomic E-state index is 9.19. The molecule has 0 saturated carbocycles. The van der Waals surface area contributed by atoms with E-state index in [1.165, 1.54) is 0 Å². The van der Waals surface area contributed by atoms with Crippen LogP contribution in [-0.2, 0) is 33.1 Å². The lowest BCUT2D eigenvalue weighted by Crippen LogP contribution is -2.19. The summed E-state index contributed by atoms with van der Waals surface area (Å²) in [7, 11) is -7.33. The summed E-state index contributed by atoms with van der Waals surface area (Å²) in [5, 5.41) is 5.20. The van der Waals surface area contributed by atoms with Gasteiger partial charge in [-0.05, 0) is 47.9 Å². The molecule has 2 aliphatic rings. The molecule has 2 atom stereocenters. The molecule has 0 amide bonds. The lowest BCUT2D eigenvalue weighted by Gasteiger charge is -2.10. The van der Waals surface area contributed by atoms with Gasteiger partial charge in [0.2, 0.25) is 0 Å². The third kappa shape index (κ3) is 14.0. The van der Waals surface area contributed by atoms with E-state index in [1.54, 1.807) is 0 Å². The molecule has 4 N–H and O–H groups in total. The van der Waals surface area contributed by atoms with Gasteiger partial charge in [0.1, 0.15) is 0 Å². The topological polar surface area (TPSA) is 133 Å². The van der Waals surface area contributed by atoms with E-state index < -0.39 is 45.3 Å². The molecule has 2 aromatic rings. The van der Waals surface area contributed by atoms with Crippen LogP contribution in [0, 0.1) is 24.7 Å². The van der Waals surface area contributed by atoms with Gasteiger partial charge < -0.3 is 0 Å². The normalized spacial score (nSPS) is 24.6. The van der Waals surface area contributed by atoms with Crippen LogP contribution in [0.1, 0.15) is 55.4 Å². The molecule has 8 nitrogen and oxygen atoms in total. The average Bonchev–Trinajstić information content (AvgIpc) is 3.34. The third-order valence-corrected chi connectivity index (χ3v) is 4.54. The van der Waals surface area contributed by atoms with Crippen molar-refractivity contribution < 1.29 is 34.2 Å². The Balaban J connectivity index is 0.000000320. The van der Waals surface area contributed by atoms with Crippen LogP contribution in [0.4, 0.5) is 0 Å². The molecule has 196 valence electrons. The number of terminal acetylenes is 2. The monoisotopic (exact) mass is 540 g/mol. The Hall–Kier alpha value is -2.70. The van der Waals surface area contributed by atoms with E-state index in [0.29, 0.717) is 25.4 Å². The largest absolute Gasteiger partial charge is 0.299 e. The number of rotatable bonds is 4. The lowest BCUT2D eigenvalue weighted by atomic mass is 10.1. The molecule has 4 rings (SSSR count). The molecule has 0 fully saturated rings. The van der Waals surface area contributed by atoms with Crippen molar-refractivity contribution in [3.05, 3.63) is 70.8 Å². The van der Waals surface area contributed by atoms with E-state index in [2.05, 4.69) is 10.6 Å². The first-order chi connectivity index (χ1) is 18.9. The number of benzene rings is 2. The molecule has 10 heteroatoms. The predicted molar refractivity (Wildman–Crippen MR) is 144 cm³/mol. The Bertz CT molecular complexity index is 1410. The van der Waals surface area contributed by atoms with E-state index in [1.807, 2.05) is 60.4 Å². The van der Waals surface area contributed by atoms with Gasteiger partial charge in [0, 0.05) is 12.0 Å². The zero-order valence-corrected chi connectivity index (χ0v) is 21.6. The quantitative estimate of drug-likeness (QED) is 0.344. The Kier molecular flexibility index (Phi) is 9.64. The minimum Gasteiger partial charge on any atom is -0.299 e. The van der Waals surface area contributed by atoms with Crippen LogP contribution in [0.15, 0.2) is 48.5 Å². The molecule has 0 spiro atoms. The highest BCUT2D eigenvalue weighted by atomic mass is 32.2. The first-order valence-corrected chi connectivity index (χ1v) is 14.2.